The van der Waals surface area contributed by atoms with Crippen LogP contribution in [0, 0.1) is 10.1 Å². The summed E-state index contributed by atoms with van der Waals surface area (Å²) in [5.41, 5.74) is 1.88. The van der Waals surface area contributed by atoms with Crippen LogP contribution >= 0.6 is 0 Å². The van der Waals surface area contributed by atoms with Gasteiger partial charge in [-0.05, 0) is 23.3 Å². The number of nitrogens with one attached hydrogen (secondary N) is 1. The SMILES string of the molecule is O=C(NCc1ccccc1)C(Cc1ccc([N+](=O)[O-])cc1)N1C(=O)c2ccccc2C1=O. The molecule has 4 rings (SSSR count). The van der Waals surface area contributed by atoms with Crippen LogP contribution in [0.4, 0.5) is 5.69 Å². The van der Waals surface area contributed by atoms with Crippen LogP contribution in [-0.4, -0.2) is 33.6 Å². The molecule has 1 aliphatic heterocycles. The number of carbonyl (C=O) groups excluding carboxylic acids is 3. The molecular weight excluding hydrogens is 410 g/mol. The average Bonchev–Trinajstić information content (AvgIpc) is 3.07. The largest absolute Gasteiger partial charge is 0.350 e. The molecule has 3 amide bonds. The highest BCUT2D eigenvalue weighted by Crippen LogP contribution is 2.26. The van der Waals surface area contributed by atoms with Gasteiger partial charge in [-0.2, -0.15) is 0 Å². The fourth-order valence-electron chi connectivity index (χ4n) is 3.67. The summed E-state index contributed by atoms with van der Waals surface area (Å²) in [4.78, 5) is 50.5. The molecule has 8 heteroatoms. The molecule has 3 aromatic rings. The number of benzene rings is 3. The van der Waals surface area contributed by atoms with Gasteiger partial charge in [-0.1, -0.05) is 54.6 Å². The van der Waals surface area contributed by atoms with E-state index in [0.29, 0.717) is 5.56 Å². The summed E-state index contributed by atoms with van der Waals surface area (Å²) < 4.78 is 0. The van der Waals surface area contributed by atoms with E-state index in [-0.39, 0.29) is 29.8 Å². The molecule has 32 heavy (non-hydrogen) atoms. The lowest BCUT2D eigenvalue weighted by atomic mass is 10.0. The molecule has 0 saturated heterocycles. The summed E-state index contributed by atoms with van der Waals surface area (Å²) in [6.45, 7) is 0.236. The average molecular weight is 429 g/mol. The van der Waals surface area contributed by atoms with Crippen LogP contribution in [0.3, 0.4) is 0 Å². The van der Waals surface area contributed by atoms with E-state index in [0.717, 1.165) is 10.5 Å². The van der Waals surface area contributed by atoms with Crippen molar-refractivity contribution in [2.24, 2.45) is 0 Å². The third-order valence-corrected chi connectivity index (χ3v) is 5.33. The number of non-ortho nitro benzene ring substituents is 1. The van der Waals surface area contributed by atoms with Gasteiger partial charge in [-0.25, -0.2) is 0 Å². The second-order valence-corrected chi connectivity index (χ2v) is 7.37. The van der Waals surface area contributed by atoms with Crippen LogP contribution in [0.1, 0.15) is 31.8 Å². The van der Waals surface area contributed by atoms with Crippen molar-refractivity contribution in [1.82, 2.24) is 10.2 Å². The van der Waals surface area contributed by atoms with E-state index in [1.807, 2.05) is 30.3 Å². The summed E-state index contributed by atoms with van der Waals surface area (Å²) in [6, 6.07) is 20.3. The minimum Gasteiger partial charge on any atom is -0.350 e. The standard InChI is InChI=1S/C24H19N3O5/c28-22(25-15-17-6-2-1-3-7-17)21(14-16-10-12-18(13-11-16)27(31)32)26-23(29)19-8-4-5-9-20(19)24(26)30/h1-13,21H,14-15H2,(H,25,28). The lowest BCUT2D eigenvalue weighted by Gasteiger charge is -2.25. The first-order valence-corrected chi connectivity index (χ1v) is 9.97. The summed E-state index contributed by atoms with van der Waals surface area (Å²) >= 11 is 0. The maximum absolute atomic E-state index is 13.2. The van der Waals surface area contributed by atoms with Gasteiger partial charge in [-0.3, -0.25) is 29.4 Å². The Balaban J connectivity index is 1.62. The van der Waals surface area contributed by atoms with Crippen molar-refractivity contribution < 1.29 is 19.3 Å². The minimum atomic E-state index is -1.10. The zero-order chi connectivity index (χ0) is 22.7. The number of nitro groups is 1. The normalized spacial score (nSPS) is 13.6. The van der Waals surface area contributed by atoms with Crippen molar-refractivity contribution in [2.75, 3.05) is 0 Å². The number of nitro benzene ring substituents is 1. The smallest absolute Gasteiger partial charge is 0.269 e. The fourth-order valence-corrected chi connectivity index (χ4v) is 3.67. The molecule has 0 radical (unpaired) electrons. The maximum Gasteiger partial charge on any atom is 0.269 e. The number of fused-ring (bicyclic) bond motifs is 1. The van der Waals surface area contributed by atoms with Crippen LogP contribution in [0.2, 0.25) is 0 Å². The van der Waals surface area contributed by atoms with Gasteiger partial charge in [-0.15, -0.1) is 0 Å². The molecule has 3 aromatic carbocycles. The number of nitrogens with zero attached hydrogens (tertiary/aromatic N) is 2. The summed E-state index contributed by atoms with van der Waals surface area (Å²) in [5.74, 6) is -1.55. The number of carbonyl (C=O) groups is 3. The monoisotopic (exact) mass is 429 g/mol. The van der Waals surface area contributed by atoms with E-state index >= 15 is 0 Å². The van der Waals surface area contributed by atoms with Crippen molar-refractivity contribution >= 4 is 23.4 Å². The Morgan fingerprint density at radius 1 is 0.844 bits per heavy atom. The molecule has 0 aromatic heterocycles. The van der Waals surface area contributed by atoms with Gasteiger partial charge in [0.15, 0.2) is 0 Å². The van der Waals surface area contributed by atoms with Gasteiger partial charge >= 0.3 is 0 Å². The minimum absolute atomic E-state index is 0.0318. The number of rotatable bonds is 7. The second kappa shape index (κ2) is 8.81. The Kier molecular flexibility index (Phi) is 5.76. The Labute approximate surface area is 183 Å². The van der Waals surface area contributed by atoms with Crippen LogP contribution in [-0.2, 0) is 17.8 Å². The van der Waals surface area contributed by atoms with Gasteiger partial charge in [0, 0.05) is 25.1 Å². The number of hydrogen-bond donors (Lipinski definition) is 1. The third kappa shape index (κ3) is 4.11. The van der Waals surface area contributed by atoms with E-state index in [2.05, 4.69) is 5.32 Å². The van der Waals surface area contributed by atoms with E-state index in [4.69, 9.17) is 0 Å². The van der Waals surface area contributed by atoms with Crippen LogP contribution in [0.5, 0.6) is 0 Å². The molecule has 1 N–H and O–H groups in total. The molecule has 1 unspecified atom stereocenters. The lowest BCUT2D eigenvalue weighted by Crippen LogP contribution is -2.50. The molecule has 1 aliphatic rings. The zero-order valence-corrected chi connectivity index (χ0v) is 16.9. The summed E-state index contributed by atoms with van der Waals surface area (Å²) in [6.07, 6.45) is 0.0318. The molecule has 0 fully saturated rings. The number of imide groups is 1. The highest BCUT2D eigenvalue weighted by atomic mass is 16.6. The van der Waals surface area contributed by atoms with Crippen LogP contribution < -0.4 is 5.32 Å². The molecule has 0 saturated carbocycles. The van der Waals surface area contributed by atoms with Crippen molar-refractivity contribution in [3.05, 3.63) is 111 Å². The van der Waals surface area contributed by atoms with Crippen molar-refractivity contribution in [1.29, 1.82) is 0 Å². The highest BCUT2D eigenvalue weighted by Gasteiger charge is 2.42. The second-order valence-electron chi connectivity index (χ2n) is 7.37. The van der Waals surface area contributed by atoms with Crippen LogP contribution in [0.25, 0.3) is 0 Å². The highest BCUT2D eigenvalue weighted by molar-refractivity contribution is 6.22. The topological polar surface area (TPSA) is 110 Å². The molecule has 0 spiro atoms. The first-order valence-electron chi connectivity index (χ1n) is 9.97. The van der Waals surface area contributed by atoms with Crippen molar-refractivity contribution in [3.8, 4) is 0 Å². The first-order chi connectivity index (χ1) is 15.5. The molecule has 0 bridgehead atoms. The number of hydrogen-bond acceptors (Lipinski definition) is 5. The van der Waals surface area contributed by atoms with Crippen molar-refractivity contribution in [3.63, 3.8) is 0 Å². The fraction of sp³-hybridized carbons (Fsp3) is 0.125. The molecular formula is C24H19N3O5. The third-order valence-electron chi connectivity index (χ3n) is 5.33. The Hall–Kier alpha value is -4.33. The predicted molar refractivity (Wildman–Crippen MR) is 116 cm³/mol. The van der Waals surface area contributed by atoms with Gasteiger partial charge < -0.3 is 5.32 Å². The van der Waals surface area contributed by atoms with Crippen LogP contribution in [0.15, 0.2) is 78.9 Å². The molecule has 1 atom stereocenters. The number of amides is 3. The molecule has 8 nitrogen and oxygen atoms in total. The predicted octanol–water partition coefficient (Wildman–Crippen LogP) is 3.12. The van der Waals surface area contributed by atoms with Gasteiger partial charge in [0.2, 0.25) is 5.91 Å². The Morgan fingerprint density at radius 3 is 1.97 bits per heavy atom. The summed E-state index contributed by atoms with van der Waals surface area (Å²) in [7, 11) is 0. The zero-order valence-electron chi connectivity index (χ0n) is 16.9. The molecule has 0 aliphatic carbocycles. The van der Waals surface area contributed by atoms with E-state index < -0.39 is 28.7 Å². The van der Waals surface area contributed by atoms with Gasteiger partial charge in [0.1, 0.15) is 6.04 Å². The molecule has 1 heterocycles. The molecule has 160 valence electrons. The van der Waals surface area contributed by atoms with Crippen molar-refractivity contribution in [2.45, 2.75) is 19.0 Å². The van der Waals surface area contributed by atoms with E-state index in [9.17, 15) is 24.5 Å². The maximum atomic E-state index is 13.2. The van der Waals surface area contributed by atoms with Gasteiger partial charge in [0.05, 0.1) is 16.1 Å². The van der Waals surface area contributed by atoms with E-state index in [1.165, 1.54) is 24.3 Å². The Bertz CT molecular complexity index is 1160. The van der Waals surface area contributed by atoms with Gasteiger partial charge in [0.25, 0.3) is 17.5 Å². The first kappa shape index (κ1) is 20.9. The Morgan fingerprint density at radius 2 is 1.41 bits per heavy atom. The quantitative estimate of drug-likeness (QED) is 0.353. The lowest BCUT2D eigenvalue weighted by molar-refractivity contribution is -0.384. The summed E-state index contributed by atoms with van der Waals surface area (Å²) in [5, 5.41) is 13.7. The van der Waals surface area contributed by atoms with E-state index in [1.54, 1.807) is 24.3 Å².